The topological polar surface area (TPSA) is 93.1 Å². The predicted molar refractivity (Wildman–Crippen MR) is 163 cm³/mol. The van der Waals surface area contributed by atoms with Gasteiger partial charge in [-0.3, -0.25) is 14.6 Å². The van der Waals surface area contributed by atoms with Gasteiger partial charge >= 0.3 is 12.1 Å². The van der Waals surface area contributed by atoms with Gasteiger partial charge < -0.3 is 15.5 Å². The molecule has 44 heavy (non-hydrogen) atoms. The van der Waals surface area contributed by atoms with Crippen molar-refractivity contribution < 1.29 is 33.0 Å². The average Bonchev–Trinajstić information content (AvgIpc) is 3.23. The van der Waals surface area contributed by atoms with E-state index in [-0.39, 0.29) is 5.91 Å². The highest BCUT2D eigenvalue weighted by atomic mass is 19.4. The third-order valence-electron chi connectivity index (χ3n) is 7.11. The fourth-order valence-electron chi connectivity index (χ4n) is 4.85. The third kappa shape index (κ3) is 9.96. The number of carboxylic acid groups (broad SMARTS) is 1. The Bertz CT molecular complexity index is 1510. The molecule has 1 fully saturated rings. The van der Waals surface area contributed by atoms with E-state index >= 15 is 0 Å². The van der Waals surface area contributed by atoms with E-state index in [1.807, 2.05) is 66.7 Å². The summed E-state index contributed by atoms with van der Waals surface area (Å²) in [4.78, 5) is 26.7. The van der Waals surface area contributed by atoms with Crippen LogP contribution in [0, 0.1) is 0 Å². The molecule has 7 nitrogen and oxygen atoms in total. The second-order valence-corrected chi connectivity index (χ2v) is 10.5. The minimum atomic E-state index is -5.08. The zero-order chi connectivity index (χ0) is 31.5. The average molecular weight is 606 g/mol. The van der Waals surface area contributed by atoms with Crippen LogP contribution in [0.15, 0.2) is 103 Å². The SMILES string of the molecule is O=C(Nc1cccc(CN2CCCN(Cc3ccc(O)cc3)CC2)c1)c1ccc(-c2ccccc2)cc1.O=C(O)C(F)(F)F. The fraction of sp³-hybridized carbons (Fsp3) is 0.235. The second-order valence-electron chi connectivity index (χ2n) is 10.5. The Morgan fingerprint density at radius 3 is 1.86 bits per heavy atom. The summed E-state index contributed by atoms with van der Waals surface area (Å²) in [6.07, 6.45) is -3.96. The molecule has 0 spiro atoms. The predicted octanol–water partition coefficient (Wildman–Crippen LogP) is 6.65. The van der Waals surface area contributed by atoms with Crippen LogP contribution in [0.25, 0.3) is 11.1 Å². The van der Waals surface area contributed by atoms with Crippen LogP contribution in [0.3, 0.4) is 0 Å². The number of amides is 1. The van der Waals surface area contributed by atoms with Crippen LogP contribution < -0.4 is 5.32 Å². The molecule has 0 atom stereocenters. The van der Waals surface area contributed by atoms with E-state index in [4.69, 9.17) is 9.90 Å². The van der Waals surface area contributed by atoms with Crippen molar-refractivity contribution in [2.75, 3.05) is 31.5 Å². The van der Waals surface area contributed by atoms with E-state index in [1.54, 1.807) is 12.1 Å². The first-order chi connectivity index (χ1) is 21.1. The van der Waals surface area contributed by atoms with Crippen molar-refractivity contribution in [2.45, 2.75) is 25.7 Å². The number of rotatable bonds is 7. The maximum Gasteiger partial charge on any atom is 0.490 e. The van der Waals surface area contributed by atoms with Gasteiger partial charge in [-0.1, -0.05) is 66.7 Å². The van der Waals surface area contributed by atoms with Crippen LogP contribution in [-0.2, 0) is 17.9 Å². The molecule has 0 bridgehead atoms. The minimum Gasteiger partial charge on any atom is -0.508 e. The molecular formula is C34H34F3N3O4. The molecule has 3 N–H and O–H groups in total. The first kappa shape index (κ1) is 32.2. The summed E-state index contributed by atoms with van der Waals surface area (Å²) in [7, 11) is 0. The number of phenolic OH excluding ortho intramolecular Hbond substituents is 1. The number of aliphatic carboxylic acids is 1. The van der Waals surface area contributed by atoms with Crippen molar-refractivity contribution in [3.63, 3.8) is 0 Å². The Morgan fingerprint density at radius 2 is 1.27 bits per heavy atom. The number of nitrogens with one attached hydrogen (secondary N) is 1. The number of carbonyl (C=O) groups excluding carboxylic acids is 1. The number of hydrogen-bond donors (Lipinski definition) is 3. The summed E-state index contributed by atoms with van der Waals surface area (Å²) < 4.78 is 31.7. The number of carboxylic acids is 1. The van der Waals surface area contributed by atoms with Crippen molar-refractivity contribution in [1.82, 2.24) is 9.80 Å². The van der Waals surface area contributed by atoms with Crippen LogP contribution in [-0.4, -0.2) is 64.2 Å². The van der Waals surface area contributed by atoms with E-state index in [9.17, 15) is 23.1 Å². The van der Waals surface area contributed by atoms with E-state index in [1.165, 1.54) is 11.1 Å². The van der Waals surface area contributed by atoms with Gasteiger partial charge in [0.15, 0.2) is 0 Å². The van der Waals surface area contributed by atoms with E-state index in [0.717, 1.165) is 62.5 Å². The second kappa shape index (κ2) is 15.2. The molecule has 1 amide bonds. The summed E-state index contributed by atoms with van der Waals surface area (Å²) in [5.41, 5.74) is 6.12. The number of alkyl halides is 3. The van der Waals surface area contributed by atoms with Crippen molar-refractivity contribution in [2.24, 2.45) is 0 Å². The standard InChI is InChI=1S/C32H33N3O2.C2HF3O2/c36-31-16-10-25(11-17-31)23-34-18-5-19-35(21-20-34)24-26-6-4-9-30(22-26)33-32(37)29-14-12-28(13-15-29)27-7-2-1-3-8-27;3-2(4,5)1(6)7/h1-4,6-17,22,36H,5,18-21,23-24H2,(H,33,37);(H,6,7). The highest BCUT2D eigenvalue weighted by Crippen LogP contribution is 2.21. The van der Waals surface area contributed by atoms with Crippen molar-refractivity contribution in [3.05, 3.63) is 120 Å². The Hall–Kier alpha value is -4.67. The number of nitrogens with zero attached hydrogens (tertiary/aromatic N) is 2. The molecule has 230 valence electrons. The first-order valence-electron chi connectivity index (χ1n) is 14.2. The zero-order valence-electron chi connectivity index (χ0n) is 24.0. The van der Waals surface area contributed by atoms with Gasteiger partial charge in [-0.05, 0) is 78.2 Å². The van der Waals surface area contributed by atoms with E-state index in [0.29, 0.717) is 11.3 Å². The molecule has 0 radical (unpaired) electrons. The van der Waals surface area contributed by atoms with Gasteiger partial charge in [-0.25, -0.2) is 4.79 Å². The highest BCUT2D eigenvalue weighted by molar-refractivity contribution is 6.04. The van der Waals surface area contributed by atoms with Gasteiger partial charge in [-0.15, -0.1) is 0 Å². The molecule has 0 aliphatic carbocycles. The largest absolute Gasteiger partial charge is 0.508 e. The molecule has 4 aromatic carbocycles. The molecular weight excluding hydrogens is 571 g/mol. The third-order valence-corrected chi connectivity index (χ3v) is 7.11. The normalized spacial score (nSPS) is 14.2. The van der Waals surface area contributed by atoms with Gasteiger partial charge in [0, 0.05) is 37.4 Å². The van der Waals surface area contributed by atoms with Gasteiger partial charge in [-0.2, -0.15) is 13.2 Å². The van der Waals surface area contributed by atoms with Crippen LogP contribution in [0.2, 0.25) is 0 Å². The Morgan fingerprint density at radius 1 is 0.705 bits per heavy atom. The summed E-state index contributed by atoms with van der Waals surface area (Å²) in [6, 6.07) is 33.6. The lowest BCUT2D eigenvalue weighted by atomic mass is 10.0. The molecule has 1 aliphatic heterocycles. The molecule has 1 heterocycles. The summed E-state index contributed by atoms with van der Waals surface area (Å²) in [6.45, 7) is 5.90. The van der Waals surface area contributed by atoms with Crippen LogP contribution in [0.5, 0.6) is 5.75 Å². The van der Waals surface area contributed by atoms with Crippen molar-refractivity contribution in [1.29, 1.82) is 0 Å². The highest BCUT2D eigenvalue weighted by Gasteiger charge is 2.38. The zero-order valence-corrected chi connectivity index (χ0v) is 24.0. The number of hydrogen-bond acceptors (Lipinski definition) is 5. The first-order valence-corrected chi connectivity index (χ1v) is 14.2. The quantitative estimate of drug-likeness (QED) is 0.218. The number of phenols is 1. The molecule has 1 saturated heterocycles. The molecule has 0 saturated carbocycles. The monoisotopic (exact) mass is 605 g/mol. The van der Waals surface area contributed by atoms with Crippen LogP contribution in [0.4, 0.5) is 18.9 Å². The smallest absolute Gasteiger partial charge is 0.490 e. The molecule has 10 heteroatoms. The van der Waals surface area contributed by atoms with Crippen LogP contribution >= 0.6 is 0 Å². The summed E-state index contributed by atoms with van der Waals surface area (Å²) >= 11 is 0. The van der Waals surface area contributed by atoms with Gasteiger partial charge in [0.05, 0.1) is 0 Å². The molecule has 0 aromatic heterocycles. The lowest BCUT2D eigenvalue weighted by Crippen LogP contribution is -2.30. The summed E-state index contributed by atoms with van der Waals surface area (Å²) in [5.74, 6) is -2.55. The molecule has 1 aliphatic rings. The van der Waals surface area contributed by atoms with Crippen molar-refractivity contribution in [3.8, 4) is 16.9 Å². The molecule has 5 rings (SSSR count). The maximum atomic E-state index is 12.9. The Kier molecular flexibility index (Phi) is 11.1. The minimum absolute atomic E-state index is 0.101. The van der Waals surface area contributed by atoms with E-state index in [2.05, 4.69) is 39.4 Å². The lowest BCUT2D eigenvalue weighted by molar-refractivity contribution is -0.192. The number of halogens is 3. The van der Waals surface area contributed by atoms with E-state index < -0.39 is 12.1 Å². The molecule has 0 unspecified atom stereocenters. The molecule has 4 aromatic rings. The maximum absolute atomic E-state index is 12.9. The van der Waals surface area contributed by atoms with Crippen molar-refractivity contribution >= 4 is 17.6 Å². The number of carbonyl (C=O) groups is 2. The summed E-state index contributed by atoms with van der Waals surface area (Å²) in [5, 5.41) is 19.7. The lowest BCUT2D eigenvalue weighted by Gasteiger charge is -2.22. The number of anilines is 1. The fourth-order valence-corrected chi connectivity index (χ4v) is 4.85. The van der Waals surface area contributed by atoms with Gasteiger partial charge in [0.25, 0.3) is 5.91 Å². The van der Waals surface area contributed by atoms with Crippen LogP contribution in [0.1, 0.15) is 27.9 Å². The van der Waals surface area contributed by atoms with Gasteiger partial charge in [0.2, 0.25) is 0 Å². The number of aromatic hydroxyl groups is 1. The van der Waals surface area contributed by atoms with Gasteiger partial charge in [0.1, 0.15) is 5.75 Å². The Labute approximate surface area is 254 Å². The Balaban J connectivity index is 0.000000566. The number of benzene rings is 4.